The molecule has 0 saturated heterocycles. The molecular weight excluding hydrogens is 302 g/mol. The summed E-state index contributed by atoms with van der Waals surface area (Å²) in [4.78, 5) is 25.1. The van der Waals surface area contributed by atoms with Crippen molar-refractivity contribution in [3.05, 3.63) is 53.5 Å². The van der Waals surface area contributed by atoms with E-state index in [1.165, 1.54) is 0 Å². The Hall–Kier alpha value is -2.63. The average molecular weight is 325 g/mol. The molecule has 0 unspecified atom stereocenters. The van der Waals surface area contributed by atoms with Gasteiger partial charge in [-0.2, -0.15) is 0 Å². The van der Waals surface area contributed by atoms with Crippen molar-refractivity contribution in [1.29, 1.82) is 0 Å². The van der Waals surface area contributed by atoms with Crippen LogP contribution in [0, 0.1) is 0 Å². The molecule has 0 spiro atoms. The molecule has 0 radical (unpaired) electrons. The highest BCUT2D eigenvalue weighted by molar-refractivity contribution is 5.74. The molecule has 3 rings (SSSR count). The second-order valence-electron chi connectivity index (χ2n) is 6.15. The molecule has 2 amide bonds. The predicted octanol–water partition coefficient (Wildman–Crippen LogP) is 1.85. The lowest BCUT2D eigenvalue weighted by Gasteiger charge is -2.21. The molecule has 24 heavy (non-hydrogen) atoms. The number of carbonyl (C=O) groups excluding carboxylic acids is 1. The van der Waals surface area contributed by atoms with Crippen molar-refractivity contribution in [3.8, 4) is 0 Å². The summed E-state index contributed by atoms with van der Waals surface area (Å²) < 4.78 is 0. The standard InChI is InChI=1S/C18H23N5O/c1-22(2)17-15-8-10-23(11-9-16(15)20-13-21-17)18(24)19-12-14-6-4-3-5-7-14/h3-7,13H,8-12H2,1-2H3,(H,19,24). The van der Waals surface area contributed by atoms with E-state index in [1.807, 2.05) is 54.2 Å². The summed E-state index contributed by atoms with van der Waals surface area (Å²) >= 11 is 0. The average Bonchev–Trinajstić information content (AvgIpc) is 2.83. The topological polar surface area (TPSA) is 61.4 Å². The first kappa shape index (κ1) is 16.2. The molecule has 0 saturated carbocycles. The SMILES string of the molecule is CN(C)c1ncnc2c1CCN(C(=O)NCc1ccccc1)CC2. The highest BCUT2D eigenvalue weighted by atomic mass is 16.2. The van der Waals surface area contributed by atoms with E-state index >= 15 is 0 Å². The maximum atomic E-state index is 12.5. The lowest BCUT2D eigenvalue weighted by atomic mass is 10.1. The van der Waals surface area contributed by atoms with Gasteiger partial charge in [-0.3, -0.25) is 0 Å². The van der Waals surface area contributed by atoms with E-state index in [4.69, 9.17) is 0 Å². The summed E-state index contributed by atoms with van der Waals surface area (Å²) in [6.45, 7) is 1.91. The van der Waals surface area contributed by atoms with Crippen molar-refractivity contribution < 1.29 is 4.79 Å². The van der Waals surface area contributed by atoms with Crippen molar-refractivity contribution in [2.24, 2.45) is 0 Å². The minimum atomic E-state index is -0.0222. The number of hydrogen-bond donors (Lipinski definition) is 1. The van der Waals surface area contributed by atoms with Gasteiger partial charge in [-0.05, 0) is 12.0 Å². The molecule has 1 aromatic heterocycles. The van der Waals surface area contributed by atoms with E-state index in [-0.39, 0.29) is 6.03 Å². The fourth-order valence-corrected chi connectivity index (χ4v) is 2.98. The van der Waals surface area contributed by atoms with E-state index < -0.39 is 0 Å². The zero-order chi connectivity index (χ0) is 16.9. The van der Waals surface area contributed by atoms with Crippen LogP contribution < -0.4 is 10.2 Å². The lowest BCUT2D eigenvalue weighted by Crippen LogP contribution is -2.41. The molecule has 6 nitrogen and oxygen atoms in total. The Morgan fingerprint density at radius 1 is 1.17 bits per heavy atom. The molecule has 0 bridgehead atoms. The summed E-state index contributed by atoms with van der Waals surface area (Å²) in [6.07, 6.45) is 3.15. The Bertz CT molecular complexity index is 702. The molecule has 0 atom stereocenters. The molecule has 0 aliphatic carbocycles. The van der Waals surface area contributed by atoms with Crippen molar-refractivity contribution in [3.63, 3.8) is 0 Å². The Labute approximate surface area is 142 Å². The number of amides is 2. The summed E-state index contributed by atoms with van der Waals surface area (Å²) in [5.74, 6) is 0.951. The van der Waals surface area contributed by atoms with Gasteiger partial charge in [-0.15, -0.1) is 0 Å². The maximum Gasteiger partial charge on any atom is 0.317 e. The van der Waals surface area contributed by atoms with E-state index in [2.05, 4.69) is 15.3 Å². The monoisotopic (exact) mass is 325 g/mol. The summed E-state index contributed by atoms with van der Waals surface area (Å²) in [5, 5.41) is 3.00. The van der Waals surface area contributed by atoms with Crippen LogP contribution in [-0.4, -0.2) is 48.1 Å². The number of carbonyl (C=O) groups is 1. The van der Waals surface area contributed by atoms with Gasteiger partial charge in [-0.25, -0.2) is 14.8 Å². The molecule has 1 N–H and O–H groups in total. The summed E-state index contributed by atoms with van der Waals surface area (Å²) in [6, 6.07) is 9.93. The van der Waals surface area contributed by atoms with Crippen molar-refractivity contribution in [1.82, 2.24) is 20.2 Å². The summed E-state index contributed by atoms with van der Waals surface area (Å²) in [7, 11) is 3.97. The number of rotatable bonds is 3. The molecule has 6 heteroatoms. The van der Waals surface area contributed by atoms with Crippen LogP contribution in [0.25, 0.3) is 0 Å². The molecule has 2 heterocycles. The van der Waals surface area contributed by atoms with Gasteiger partial charge in [0, 0.05) is 45.7 Å². The molecule has 0 fully saturated rings. The van der Waals surface area contributed by atoms with E-state index in [0.717, 1.165) is 35.5 Å². The number of benzene rings is 1. The van der Waals surface area contributed by atoms with Gasteiger partial charge in [0.05, 0.1) is 5.69 Å². The number of urea groups is 1. The van der Waals surface area contributed by atoms with Crippen LogP contribution in [0.5, 0.6) is 0 Å². The Balaban J connectivity index is 1.64. The number of hydrogen-bond acceptors (Lipinski definition) is 4. The first-order chi connectivity index (χ1) is 11.6. The van der Waals surface area contributed by atoms with Crippen molar-refractivity contribution in [2.75, 3.05) is 32.1 Å². The third-order valence-corrected chi connectivity index (χ3v) is 4.26. The van der Waals surface area contributed by atoms with Crippen molar-refractivity contribution in [2.45, 2.75) is 19.4 Å². The van der Waals surface area contributed by atoms with Crippen LogP contribution in [0.2, 0.25) is 0 Å². The maximum absolute atomic E-state index is 12.5. The number of nitrogens with one attached hydrogen (secondary N) is 1. The Morgan fingerprint density at radius 2 is 1.92 bits per heavy atom. The fraction of sp³-hybridized carbons (Fsp3) is 0.389. The van der Waals surface area contributed by atoms with Crippen LogP contribution in [0.4, 0.5) is 10.6 Å². The smallest absolute Gasteiger partial charge is 0.317 e. The first-order valence-corrected chi connectivity index (χ1v) is 8.22. The number of fused-ring (bicyclic) bond motifs is 1. The van der Waals surface area contributed by atoms with Gasteiger partial charge in [0.25, 0.3) is 0 Å². The zero-order valence-electron chi connectivity index (χ0n) is 14.2. The minimum Gasteiger partial charge on any atom is -0.362 e. The van der Waals surface area contributed by atoms with E-state index in [1.54, 1.807) is 6.33 Å². The van der Waals surface area contributed by atoms with Crippen LogP contribution in [0.1, 0.15) is 16.8 Å². The van der Waals surface area contributed by atoms with Gasteiger partial charge >= 0.3 is 6.03 Å². The third kappa shape index (κ3) is 3.64. The Morgan fingerprint density at radius 3 is 2.67 bits per heavy atom. The van der Waals surface area contributed by atoms with Crippen molar-refractivity contribution >= 4 is 11.8 Å². The number of anilines is 1. The van der Waals surface area contributed by atoms with E-state index in [0.29, 0.717) is 19.6 Å². The lowest BCUT2D eigenvalue weighted by molar-refractivity contribution is 0.200. The summed E-state index contributed by atoms with van der Waals surface area (Å²) in [5.41, 5.74) is 3.30. The molecule has 1 aliphatic rings. The second kappa shape index (κ2) is 7.29. The third-order valence-electron chi connectivity index (χ3n) is 4.26. The first-order valence-electron chi connectivity index (χ1n) is 8.22. The quantitative estimate of drug-likeness (QED) is 0.935. The molecule has 1 aliphatic heterocycles. The van der Waals surface area contributed by atoms with Crippen LogP contribution >= 0.6 is 0 Å². The van der Waals surface area contributed by atoms with Crippen LogP contribution in [0.3, 0.4) is 0 Å². The van der Waals surface area contributed by atoms with Gasteiger partial charge in [-0.1, -0.05) is 30.3 Å². The minimum absolute atomic E-state index is 0.0222. The van der Waals surface area contributed by atoms with Crippen LogP contribution in [0.15, 0.2) is 36.7 Å². The number of nitrogens with zero attached hydrogens (tertiary/aromatic N) is 4. The van der Waals surface area contributed by atoms with Gasteiger partial charge in [0.2, 0.25) is 0 Å². The molecule has 126 valence electrons. The molecular formula is C18H23N5O. The Kier molecular flexibility index (Phi) is 4.93. The molecule has 1 aromatic carbocycles. The zero-order valence-corrected chi connectivity index (χ0v) is 14.2. The number of aromatic nitrogens is 2. The highest BCUT2D eigenvalue weighted by Crippen LogP contribution is 2.22. The predicted molar refractivity (Wildman–Crippen MR) is 94.0 cm³/mol. The van der Waals surface area contributed by atoms with Crippen LogP contribution in [-0.2, 0) is 19.4 Å². The molecule has 2 aromatic rings. The largest absolute Gasteiger partial charge is 0.362 e. The van der Waals surface area contributed by atoms with Gasteiger partial charge in [0.15, 0.2) is 0 Å². The fourth-order valence-electron chi connectivity index (χ4n) is 2.98. The van der Waals surface area contributed by atoms with Gasteiger partial charge in [0.1, 0.15) is 12.1 Å². The normalized spacial score (nSPS) is 13.8. The second-order valence-corrected chi connectivity index (χ2v) is 6.15. The highest BCUT2D eigenvalue weighted by Gasteiger charge is 2.22. The van der Waals surface area contributed by atoms with Gasteiger partial charge < -0.3 is 15.1 Å². The van der Waals surface area contributed by atoms with E-state index in [9.17, 15) is 4.79 Å².